The molecule has 0 saturated carbocycles. The van der Waals surface area contributed by atoms with E-state index in [1.807, 2.05) is 72.3 Å². The molecule has 0 unspecified atom stereocenters. The molecular formula is C24H21N5O4S2. The van der Waals surface area contributed by atoms with E-state index in [1.165, 1.54) is 6.08 Å². The summed E-state index contributed by atoms with van der Waals surface area (Å²) < 4.78 is 34.8. The number of aromatic nitrogens is 3. The van der Waals surface area contributed by atoms with Crippen molar-refractivity contribution in [2.24, 2.45) is 0 Å². The van der Waals surface area contributed by atoms with Gasteiger partial charge in [-0.05, 0) is 30.7 Å². The molecule has 0 aliphatic heterocycles. The Morgan fingerprint density at radius 3 is 2.69 bits per heavy atom. The first-order chi connectivity index (χ1) is 16.8. The van der Waals surface area contributed by atoms with Crippen LogP contribution in [-0.2, 0) is 21.2 Å². The van der Waals surface area contributed by atoms with Gasteiger partial charge in [-0.25, -0.2) is 8.42 Å². The van der Waals surface area contributed by atoms with Crippen molar-refractivity contribution >= 4 is 49.4 Å². The predicted octanol–water partition coefficient (Wildman–Crippen LogP) is 3.83. The molecule has 9 nitrogen and oxygen atoms in total. The number of carbonyl (C=O) groups excluding carboxylic acids is 1. The van der Waals surface area contributed by atoms with E-state index >= 15 is 0 Å². The Kier molecular flexibility index (Phi) is 6.95. The van der Waals surface area contributed by atoms with Gasteiger partial charge in [-0.3, -0.25) is 10.1 Å². The first-order valence-corrected chi connectivity index (χ1v) is 13.2. The smallest absolute Gasteiger partial charge is 0.268 e. The van der Waals surface area contributed by atoms with Crippen LogP contribution in [0.4, 0.5) is 5.13 Å². The van der Waals surface area contributed by atoms with E-state index in [0.29, 0.717) is 18.7 Å². The minimum atomic E-state index is -3.60. The van der Waals surface area contributed by atoms with Crippen LogP contribution in [-0.4, -0.2) is 41.1 Å². The third-order valence-corrected chi connectivity index (χ3v) is 6.72. The Labute approximate surface area is 206 Å². The number of aryl methyl sites for hydroxylation is 1. The molecule has 0 fully saturated rings. The van der Waals surface area contributed by atoms with Crippen LogP contribution in [0.3, 0.4) is 0 Å². The van der Waals surface area contributed by atoms with Crippen LogP contribution in [0.25, 0.3) is 17.0 Å². The number of amides is 1. The quantitative estimate of drug-likeness (QED) is 0.284. The second kappa shape index (κ2) is 10.1. The number of carbonyl (C=O) groups is 1. The Balaban J connectivity index is 1.55. The summed E-state index contributed by atoms with van der Waals surface area (Å²) in [6, 6.07) is 17.4. The number of anilines is 1. The van der Waals surface area contributed by atoms with Crippen molar-refractivity contribution in [2.75, 3.05) is 18.2 Å². The molecule has 0 aliphatic rings. The molecule has 35 heavy (non-hydrogen) atoms. The van der Waals surface area contributed by atoms with Crippen molar-refractivity contribution in [1.82, 2.24) is 13.9 Å². The molecule has 0 saturated heterocycles. The average molecular weight is 508 g/mol. The molecule has 11 heteroatoms. The monoisotopic (exact) mass is 507 g/mol. The summed E-state index contributed by atoms with van der Waals surface area (Å²) in [4.78, 5) is 16.5. The molecule has 2 aromatic carbocycles. The number of nitrogens with zero attached hydrogens (tertiary/aromatic N) is 4. The molecule has 2 heterocycles. The van der Waals surface area contributed by atoms with Crippen molar-refractivity contribution in [2.45, 2.75) is 18.6 Å². The zero-order chi connectivity index (χ0) is 25.0. The van der Waals surface area contributed by atoms with Gasteiger partial charge >= 0.3 is 0 Å². The maximum atomic E-state index is 12.7. The van der Waals surface area contributed by atoms with Crippen molar-refractivity contribution in [3.8, 4) is 11.8 Å². The standard InChI is InChI=1S/C24H21N5O4S2/c1-16-7-3-6-10-21(16)33-12-11-29-15-18(19-8-4-5-9-20(19)29)13-17(14-25)22(30)26-23-27-24(28-34-23)35(2,31)32/h3-10,13,15H,11-12H2,1-2H3,(H,26,27,28,30)/b17-13-. The molecular weight excluding hydrogens is 486 g/mol. The van der Waals surface area contributed by atoms with Gasteiger partial charge in [0, 0.05) is 40.5 Å². The Bertz CT molecular complexity index is 1580. The molecule has 0 radical (unpaired) electrons. The summed E-state index contributed by atoms with van der Waals surface area (Å²) >= 11 is 0.727. The zero-order valence-corrected chi connectivity index (χ0v) is 20.6. The highest BCUT2D eigenvalue weighted by molar-refractivity contribution is 7.90. The second-order valence-corrected chi connectivity index (χ2v) is 10.3. The summed E-state index contributed by atoms with van der Waals surface area (Å²) in [5, 5.41) is 12.5. The third kappa shape index (κ3) is 5.56. The van der Waals surface area contributed by atoms with Gasteiger partial charge in [-0.2, -0.15) is 14.6 Å². The van der Waals surface area contributed by atoms with Crippen LogP contribution >= 0.6 is 11.5 Å². The number of sulfone groups is 1. The summed E-state index contributed by atoms with van der Waals surface area (Å²) in [6.45, 7) is 3.00. The van der Waals surface area contributed by atoms with Crippen LogP contribution in [0.1, 0.15) is 11.1 Å². The van der Waals surface area contributed by atoms with Gasteiger partial charge in [0.25, 0.3) is 11.1 Å². The lowest BCUT2D eigenvalue weighted by atomic mass is 10.1. The first kappa shape index (κ1) is 24.1. The van der Waals surface area contributed by atoms with Gasteiger partial charge in [-0.15, -0.1) is 0 Å². The van der Waals surface area contributed by atoms with Crippen LogP contribution in [0.2, 0.25) is 0 Å². The number of nitriles is 1. The molecule has 0 aliphatic carbocycles. The maximum Gasteiger partial charge on any atom is 0.268 e. The van der Waals surface area contributed by atoms with Crippen molar-refractivity contribution in [3.63, 3.8) is 0 Å². The first-order valence-electron chi connectivity index (χ1n) is 10.5. The minimum absolute atomic E-state index is 0.00708. The third-order valence-electron chi connectivity index (χ3n) is 5.13. The Morgan fingerprint density at radius 2 is 1.97 bits per heavy atom. The van der Waals surface area contributed by atoms with Gasteiger partial charge in [0.2, 0.25) is 15.0 Å². The lowest BCUT2D eigenvalue weighted by Crippen LogP contribution is -2.13. The van der Waals surface area contributed by atoms with E-state index in [9.17, 15) is 18.5 Å². The number of rotatable bonds is 8. The van der Waals surface area contributed by atoms with E-state index in [0.717, 1.165) is 40.0 Å². The van der Waals surface area contributed by atoms with E-state index in [-0.39, 0.29) is 15.9 Å². The zero-order valence-electron chi connectivity index (χ0n) is 18.9. The molecule has 4 rings (SSSR count). The summed E-state index contributed by atoms with van der Waals surface area (Å²) in [5.41, 5.74) is 2.53. The summed E-state index contributed by atoms with van der Waals surface area (Å²) in [6.07, 6.45) is 4.33. The van der Waals surface area contributed by atoms with E-state index < -0.39 is 15.7 Å². The number of hydrogen-bond donors (Lipinski definition) is 1. The highest BCUT2D eigenvalue weighted by Crippen LogP contribution is 2.25. The number of nitrogens with one attached hydrogen (secondary N) is 1. The highest BCUT2D eigenvalue weighted by atomic mass is 32.2. The fraction of sp³-hybridized carbons (Fsp3) is 0.167. The number of benzene rings is 2. The molecule has 0 atom stereocenters. The van der Waals surface area contributed by atoms with Crippen LogP contribution in [0, 0.1) is 18.3 Å². The largest absolute Gasteiger partial charge is 0.491 e. The summed E-state index contributed by atoms with van der Waals surface area (Å²) in [7, 11) is -3.60. The normalized spacial score (nSPS) is 11.9. The molecule has 1 N–H and O–H groups in total. The fourth-order valence-electron chi connectivity index (χ4n) is 3.43. The van der Waals surface area contributed by atoms with Gasteiger partial charge < -0.3 is 9.30 Å². The van der Waals surface area contributed by atoms with E-state index in [2.05, 4.69) is 14.7 Å². The van der Waals surface area contributed by atoms with Gasteiger partial charge in [0.05, 0.1) is 6.54 Å². The fourth-order valence-corrected chi connectivity index (χ4v) is 4.87. The van der Waals surface area contributed by atoms with Gasteiger partial charge in [0.15, 0.2) is 0 Å². The lowest BCUT2D eigenvalue weighted by molar-refractivity contribution is -0.112. The highest BCUT2D eigenvalue weighted by Gasteiger charge is 2.18. The van der Waals surface area contributed by atoms with Crippen LogP contribution in [0.15, 0.2) is 65.5 Å². The predicted molar refractivity (Wildman–Crippen MR) is 134 cm³/mol. The maximum absolute atomic E-state index is 12.7. The summed E-state index contributed by atoms with van der Waals surface area (Å²) in [5.74, 6) is 0.117. The number of ether oxygens (including phenoxy) is 1. The SMILES string of the molecule is Cc1ccccc1OCCn1cc(/C=C(/C#N)C(=O)Nc2nc(S(C)(=O)=O)ns2)c2ccccc21. The number of fused-ring (bicyclic) bond motifs is 1. The van der Waals surface area contributed by atoms with Crippen molar-refractivity contribution in [3.05, 3.63) is 71.4 Å². The molecule has 178 valence electrons. The van der Waals surface area contributed by atoms with Crippen molar-refractivity contribution < 1.29 is 17.9 Å². The molecule has 0 bridgehead atoms. The van der Waals surface area contributed by atoms with E-state index in [4.69, 9.17) is 4.74 Å². The molecule has 2 aromatic heterocycles. The second-order valence-electron chi connectivity index (χ2n) is 7.69. The minimum Gasteiger partial charge on any atom is -0.491 e. The number of para-hydroxylation sites is 2. The van der Waals surface area contributed by atoms with Gasteiger partial charge in [0.1, 0.15) is 24.0 Å². The Morgan fingerprint density at radius 1 is 1.23 bits per heavy atom. The molecule has 1 amide bonds. The molecule has 4 aromatic rings. The van der Waals surface area contributed by atoms with E-state index in [1.54, 1.807) is 0 Å². The molecule has 0 spiro atoms. The topological polar surface area (TPSA) is 127 Å². The lowest BCUT2D eigenvalue weighted by Gasteiger charge is -2.10. The van der Waals surface area contributed by atoms with Crippen molar-refractivity contribution in [1.29, 1.82) is 5.26 Å². The van der Waals surface area contributed by atoms with Crippen LogP contribution in [0.5, 0.6) is 5.75 Å². The average Bonchev–Trinajstić information content (AvgIpc) is 3.44. The Hall–Kier alpha value is -4.01. The van der Waals surface area contributed by atoms with Gasteiger partial charge in [-0.1, -0.05) is 36.4 Å². The number of hydrogen-bond acceptors (Lipinski definition) is 8. The van der Waals surface area contributed by atoms with Crippen LogP contribution < -0.4 is 10.1 Å².